The van der Waals surface area contributed by atoms with Gasteiger partial charge >= 0.3 is 0 Å². The summed E-state index contributed by atoms with van der Waals surface area (Å²) in [7, 11) is 0. The molecule has 1 saturated heterocycles. The van der Waals surface area contributed by atoms with Crippen molar-refractivity contribution in [2.45, 2.75) is 43.8 Å². The van der Waals surface area contributed by atoms with E-state index in [1.807, 2.05) is 11.1 Å². The number of hydrogen-bond acceptors (Lipinski definition) is 8. The average molecular weight is 347 g/mol. The molecule has 0 radical (unpaired) electrons. The molecule has 9 nitrogen and oxygen atoms in total. The van der Waals surface area contributed by atoms with Gasteiger partial charge in [-0.05, 0) is 19.8 Å². The summed E-state index contributed by atoms with van der Waals surface area (Å²) in [6, 6.07) is 0. The Morgan fingerprint density at radius 3 is 2.88 bits per heavy atom. The molecule has 1 fully saturated rings. The molecule has 0 spiro atoms. The maximum atomic E-state index is 10.7. The van der Waals surface area contributed by atoms with Crippen molar-refractivity contribution in [3.05, 3.63) is 24.9 Å². The lowest BCUT2D eigenvalue weighted by Gasteiger charge is -2.27. The Bertz CT molecular complexity index is 805. The van der Waals surface area contributed by atoms with E-state index in [1.54, 1.807) is 4.57 Å². The molecule has 0 aromatic carbocycles. The zero-order chi connectivity index (χ0) is 17.6. The highest BCUT2D eigenvalue weighted by Gasteiger charge is 2.53. The Hall–Kier alpha value is -2.07. The molecule has 4 atom stereocenters. The van der Waals surface area contributed by atoms with Crippen LogP contribution in [-0.2, 0) is 4.74 Å². The lowest BCUT2D eigenvalue weighted by Crippen LogP contribution is -2.44. The summed E-state index contributed by atoms with van der Waals surface area (Å²) < 4.78 is 7.24. The molecule has 4 heterocycles. The number of aliphatic hydroxyl groups excluding tert-OH is 2. The number of hydrogen-bond donors (Lipinski definition) is 3. The van der Waals surface area contributed by atoms with Gasteiger partial charge in [0.05, 0.1) is 12.9 Å². The van der Waals surface area contributed by atoms with E-state index in [4.69, 9.17) is 4.74 Å². The van der Waals surface area contributed by atoms with Crippen molar-refractivity contribution < 1.29 is 20.1 Å². The third kappa shape index (κ3) is 2.51. The Morgan fingerprint density at radius 1 is 1.36 bits per heavy atom. The van der Waals surface area contributed by atoms with E-state index in [0.717, 1.165) is 19.4 Å². The number of fused-ring (bicyclic) bond motifs is 1. The minimum absolute atomic E-state index is 0.390. The molecule has 0 aliphatic carbocycles. The fourth-order valence-electron chi connectivity index (χ4n) is 3.44. The fourth-order valence-corrected chi connectivity index (χ4v) is 3.44. The zero-order valence-corrected chi connectivity index (χ0v) is 13.9. The van der Waals surface area contributed by atoms with Gasteiger partial charge in [-0.15, -0.1) is 0 Å². The van der Waals surface area contributed by atoms with E-state index < -0.39 is 24.0 Å². The van der Waals surface area contributed by atoms with Gasteiger partial charge in [0.1, 0.15) is 24.1 Å². The van der Waals surface area contributed by atoms with Gasteiger partial charge < -0.3 is 25.0 Å². The van der Waals surface area contributed by atoms with Crippen molar-refractivity contribution >= 4 is 17.0 Å². The summed E-state index contributed by atoms with van der Waals surface area (Å²) in [6.45, 7) is 1.93. The van der Waals surface area contributed by atoms with Crippen molar-refractivity contribution in [3.8, 4) is 0 Å². The maximum Gasteiger partial charge on any atom is 0.168 e. The molecular weight excluding hydrogens is 326 g/mol. The second kappa shape index (κ2) is 6.03. The third-order valence-corrected chi connectivity index (χ3v) is 4.85. The summed E-state index contributed by atoms with van der Waals surface area (Å²) in [5, 5.41) is 30.2. The number of anilines is 1. The molecule has 134 valence electrons. The molecule has 25 heavy (non-hydrogen) atoms. The van der Waals surface area contributed by atoms with E-state index in [2.05, 4.69) is 21.0 Å². The quantitative estimate of drug-likeness (QED) is 0.707. The molecule has 2 aliphatic rings. The van der Waals surface area contributed by atoms with Crippen molar-refractivity contribution in [1.29, 1.82) is 0 Å². The first-order valence-electron chi connectivity index (χ1n) is 8.31. The van der Waals surface area contributed by atoms with Gasteiger partial charge in [-0.3, -0.25) is 4.57 Å². The Balaban J connectivity index is 1.77. The van der Waals surface area contributed by atoms with Gasteiger partial charge in [0.15, 0.2) is 23.2 Å². The van der Waals surface area contributed by atoms with Gasteiger partial charge in [-0.2, -0.15) is 0 Å². The molecule has 4 rings (SSSR count). The van der Waals surface area contributed by atoms with Crippen molar-refractivity contribution in [3.63, 3.8) is 0 Å². The largest absolute Gasteiger partial charge is 0.394 e. The van der Waals surface area contributed by atoms with E-state index in [1.165, 1.54) is 19.6 Å². The van der Waals surface area contributed by atoms with Gasteiger partial charge in [-0.1, -0.05) is 6.08 Å². The monoisotopic (exact) mass is 347 g/mol. The van der Waals surface area contributed by atoms with Gasteiger partial charge in [0.2, 0.25) is 0 Å². The summed E-state index contributed by atoms with van der Waals surface area (Å²) in [5.41, 5.74) is -0.493. The zero-order valence-electron chi connectivity index (χ0n) is 13.9. The highest BCUT2D eigenvalue weighted by molar-refractivity contribution is 5.84. The molecule has 3 N–H and O–H groups in total. The van der Waals surface area contributed by atoms with Crippen molar-refractivity contribution in [1.82, 2.24) is 19.5 Å². The number of ether oxygens (including phenoxy) is 1. The van der Waals surface area contributed by atoms with Gasteiger partial charge in [-0.25, -0.2) is 15.0 Å². The molecule has 0 amide bonds. The number of allylic oxidation sites excluding steroid dienone is 1. The van der Waals surface area contributed by atoms with Crippen LogP contribution in [0.25, 0.3) is 11.2 Å². The standard InChI is InChI=1S/C16H21N5O4/c1-16(24)12(23)10(7-22)25-15(16)21-9-19-11-13(17-8-18-14(11)21)20-5-3-2-4-6-20/h3,5,8-10,12,15,22-24H,2,4,6-7H2,1H3. The molecular formula is C16H21N5O4. The summed E-state index contributed by atoms with van der Waals surface area (Å²) >= 11 is 0. The second-order valence-corrected chi connectivity index (χ2v) is 6.62. The van der Waals surface area contributed by atoms with Gasteiger partial charge in [0, 0.05) is 12.7 Å². The first-order valence-corrected chi connectivity index (χ1v) is 8.31. The maximum absolute atomic E-state index is 10.7. The topological polar surface area (TPSA) is 117 Å². The Morgan fingerprint density at radius 2 is 2.20 bits per heavy atom. The highest BCUT2D eigenvalue weighted by atomic mass is 16.6. The van der Waals surface area contributed by atoms with Crippen LogP contribution < -0.4 is 4.90 Å². The van der Waals surface area contributed by atoms with E-state index in [9.17, 15) is 15.3 Å². The molecule has 2 aliphatic heterocycles. The number of aromatic nitrogens is 4. The summed E-state index contributed by atoms with van der Waals surface area (Å²) in [4.78, 5) is 15.1. The summed E-state index contributed by atoms with van der Waals surface area (Å²) in [5.74, 6) is 0.691. The Labute approximate surface area is 144 Å². The van der Waals surface area contributed by atoms with Crippen LogP contribution in [0.2, 0.25) is 0 Å². The number of imidazole rings is 1. The lowest BCUT2D eigenvalue weighted by molar-refractivity contribution is -0.0950. The number of aliphatic hydroxyl groups is 3. The van der Waals surface area contributed by atoms with Crippen LogP contribution in [0.3, 0.4) is 0 Å². The predicted molar refractivity (Wildman–Crippen MR) is 88.7 cm³/mol. The van der Waals surface area contributed by atoms with Gasteiger partial charge in [0.25, 0.3) is 0 Å². The Kier molecular flexibility index (Phi) is 3.95. The molecule has 2 aromatic rings. The number of nitrogens with zero attached hydrogens (tertiary/aromatic N) is 5. The third-order valence-electron chi connectivity index (χ3n) is 4.85. The van der Waals surface area contributed by atoms with E-state index in [-0.39, 0.29) is 6.61 Å². The van der Waals surface area contributed by atoms with Crippen LogP contribution in [0.5, 0.6) is 0 Å². The van der Waals surface area contributed by atoms with E-state index >= 15 is 0 Å². The van der Waals surface area contributed by atoms with Crippen LogP contribution in [0.4, 0.5) is 5.82 Å². The van der Waals surface area contributed by atoms with Crippen LogP contribution in [0.1, 0.15) is 26.0 Å². The number of rotatable bonds is 3. The molecule has 0 bridgehead atoms. The normalized spacial score (nSPS) is 32.6. The smallest absolute Gasteiger partial charge is 0.168 e. The van der Waals surface area contributed by atoms with Crippen LogP contribution in [0, 0.1) is 0 Å². The second-order valence-electron chi connectivity index (χ2n) is 6.62. The first kappa shape index (κ1) is 16.4. The average Bonchev–Trinajstić information content (AvgIpc) is 3.15. The molecule has 2 aromatic heterocycles. The van der Waals surface area contributed by atoms with Crippen LogP contribution in [0.15, 0.2) is 24.9 Å². The first-order chi connectivity index (χ1) is 12.0. The highest BCUT2D eigenvalue weighted by Crippen LogP contribution is 2.39. The molecule has 0 saturated carbocycles. The summed E-state index contributed by atoms with van der Waals surface area (Å²) in [6.07, 6.45) is 6.11. The fraction of sp³-hybridized carbons (Fsp3) is 0.562. The van der Waals surface area contributed by atoms with Crippen molar-refractivity contribution in [2.24, 2.45) is 0 Å². The molecule has 9 heteroatoms. The molecule has 4 unspecified atom stereocenters. The SMILES string of the molecule is CC1(O)C(O)C(CO)OC1n1cnc2c(N3C=CCCC3)ncnc21. The van der Waals surface area contributed by atoms with E-state index in [0.29, 0.717) is 17.0 Å². The van der Waals surface area contributed by atoms with Crippen LogP contribution in [-0.4, -0.2) is 65.8 Å². The van der Waals surface area contributed by atoms with Crippen LogP contribution >= 0.6 is 0 Å². The minimum atomic E-state index is -1.59. The minimum Gasteiger partial charge on any atom is -0.394 e. The lowest BCUT2D eigenvalue weighted by atomic mass is 9.96. The van der Waals surface area contributed by atoms with Crippen molar-refractivity contribution in [2.75, 3.05) is 18.1 Å². The predicted octanol–water partition coefficient (Wildman–Crippen LogP) is -0.0582.